The Balaban J connectivity index is 0.00000361. The van der Waals surface area contributed by atoms with Crippen LogP contribution in [0.1, 0.15) is 24.1 Å². The highest BCUT2D eigenvalue weighted by Gasteiger charge is 2.25. The van der Waals surface area contributed by atoms with E-state index in [0.29, 0.717) is 25.5 Å². The first-order valence-corrected chi connectivity index (χ1v) is 6.93. The third-order valence-electron chi connectivity index (χ3n) is 2.41. The molecule has 0 aliphatic rings. The zero-order valence-electron chi connectivity index (χ0n) is 11.2. The molecule has 0 spiro atoms. The van der Waals surface area contributed by atoms with E-state index >= 15 is 0 Å². The van der Waals surface area contributed by atoms with Crippen LogP contribution >= 0.6 is 35.3 Å². The van der Waals surface area contributed by atoms with Gasteiger partial charge >= 0.3 is 6.18 Å². The van der Waals surface area contributed by atoms with E-state index in [1.165, 1.54) is 4.88 Å². The summed E-state index contributed by atoms with van der Waals surface area (Å²) < 4.78 is 35.8. The minimum absolute atomic E-state index is 0. The molecule has 0 aromatic carbocycles. The van der Waals surface area contributed by atoms with Crippen molar-refractivity contribution in [2.45, 2.75) is 32.0 Å². The Morgan fingerprint density at radius 2 is 2.05 bits per heavy atom. The summed E-state index contributed by atoms with van der Waals surface area (Å²) in [6.45, 7) is 1.15. The molecule has 0 bridgehead atoms. The van der Waals surface area contributed by atoms with E-state index in [0.717, 1.165) is 0 Å². The van der Waals surface area contributed by atoms with Crippen molar-refractivity contribution in [2.24, 2.45) is 4.99 Å². The molecule has 0 fully saturated rings. The number of halogens is 4. The Morgan fingerprint density at radius 1 is 1.30 bits per heavy atom. The quantitative estimate of drug-likeness (QED) is 0.318. The van der Waals surface area contributed by atoms with Crippen LogP contribution in [0, 0.1) is 0 Å². The molecule has 0 saturated carbocycles. The van der Waals surface area contributed by atoms with Gasteiger partial charge in [0.1, 0.15) is 0 Å². The highest BCUT2D eigenvalue weighted by molar-refractivity contribution is 14.0. The first kappa shape index (κ1) is 19.5. The number of hydrogen-bond donors (Lipinski definition) is 2. The van der Waals surface area contributed by atoms with Gasteiger partial charge in [0.05, 0.1) is 6.54 Å². The van der Waals surface area contributed by atoms with Crippen molar-refractivity contribution in [3.8, 4) is 0 Å². The van der Waals surface area contributed by atoms with Gasteiger partial charge in [-0.15, -0.1) is 35.3 Å². The van der Waals surface area contributed by atoms with Crippen LogP contribution < -0.4 is 10.6 Å². The molecule has 1 aromatic rings. The average molecular weight is 421 g/mol. The van der Waals surface area contributed by atoms with Crippen LogP contribution in [-0.2, 0) is 6.54 Å². The standard InChI is InChI=1S/C12H18F3N3S.HI/c1-16-11(18-9-10-5-4-8-19-10)17-7-3-2-6-12(13,14)15;/h4-5,8H,2-3,6-7,9H2,1H3,(H2,16,17,18);1H. The van der Waals surface area contributed by atoms with E-state index in [9.17, 15) is 13.2 Å². The molecule has 3 nitrogen and oxygen atoms in total. The fourth-order valence-electron chi connectivity index (χ4n) is 1.46. The van der Waals surface area contributed by atoms with Crippen molar-refractivity contribution >= 4 is 41.3 Å². The molecule has 1 rings (SSSR count). The minimum atomic E-state index is -4.06. The molecule has 116 valence electrons. The largest absolute Gasteiger partial charge is 0.389 e. The molecular formula is C12H19F3IN3S. The molecule has 0 amide bonds. The number of hydrogen-bond acceptors (Lipinski definition) is 2. The maximum Gasteiger partial charge on any atom is 0.389 e. The third kappa shape index (κ3) is 9.40. The Bertz CT molecular complexity index is 380. The van der Waals surface area contributed by atoms with Crippen LogP contribution in [0.3, 0.4) is 0 Å². The van der Waals surface area contributed by atoms with Crippen molar-refractivity contribution in [1.82, 2.24) is 10.6 Å². The molecule has 2 N–H and O–H groups in total. The van der Waals surface area contributed by atoms with Gasteiger partial charge < -0.3 is 10.6 Å². The zero-order chi connectivity index (χ0) is 14.1. The number of rotatable bonds is 6. The molecule has 8 heteroatoms. The summed E-state index contributed by atoms with van der Waals surface area (Å²) in [6, 6.07) is 3.98. The second kappa shape index (κ2) is 10.3. The van der Waals surface area contributed by atoms with E-state index in [-0.39, 0.29) is 30.4 Å². The normalized spacial score (nSPS) is 11.9. The van der Waals surface area contributed by atoms with Crippen LogP contribution in [0.15, 0.2) is 22.5 Å². The lowest BCUT2D eigenvalue weighted by Crippen LogP contribution is -2.37. The second-order valence-electron chi connectivity index (χ2n) is 4.00. The Kier molecular flexibility index (Phi) is 9.99. The number of nitrogens with zero attached hydrogens (tertiary/aromatic N) is 1. The predicted octanol–water partition coefficient (Wildman–Crippen LogP) is 3.76. The van der Waals surface area contributed by atoms with Crippen molar-refractivity contribution in [3.05, 3.63) is 22.4 Å². The summed E-state index contributed by atoms with van der Waals surface area (Å²) in [6.07, 6.45) is -4.17. The smallest absolute Gasteiger partial charge is 0.356 e. The number of nitrogens with one attached hydrogen (secondary N) is 2. The van der Waals surface area contributed by atoms with Crippen molar-refractivity contribution in [1.29, 1.82) is 0 Å². The van der Waals surface area contributed by atoms with Gasteiger partial charge in [-0.05, 0) is 24.3 Å². The van der Waals surface area contributed by atoms with E-state index < -0.39 is 12.6 Å². The summed E-state index contributed by atoms with van der Waals surface area (Å²) in [7, 11) is 1.64. The molecule has 0 unspecified atom stereocenters. The van der Waals surface area contributed by atoms with Gasteiger partial charge in [-0.1, -0.05) is 6.07 Å². The van der Waals surface area contributed by atoms with Crippen molar-refractivity contribution < 1.29 is 13.2 Å². The third-order valence-corrected chi connectivity index (χ3v) is 3.29. The highest BCUT2D eigenvalue weighted by Crippen LogP contribution is 2.21. The Hall–Kier alpha value is -0.510. The molecule has 0 atom stereocenters. The van der Waals surface area contributed by atoms with Gasteiger partial charge in [0, 0.05) is 24.9 Å². The lowest BCUT2D eigenvalue weighted by atomic mass is 10.2. The van der Waals surface area contributed by atoms with E-state index in [2.05, 4.69) is 15.6 Å². The summed E-state index contributed by atoms with van der Waals surface area (Å²) in [5.74, 6) is 0.611. The Labute approximate surface area is 138 Å². The molecule has 0 radical (unpaired) electrons. The average Bonchev–Trinajstić information content (AvgIpc) is 2.84. The SMILES string of the molecule is CN=C(NCCCCC(F)(F)F)NCc1cccs1.I. The lowest BCUT2D eigenvalue weighted by Gasteiger charge is -2.11. The molecule has 1 heterocycles. The molecule has 1 aromatic heterocycles. The number of guanidine groups is 1. The molecule has 0 saturated heterocycles. The van der Waals surface area contributed by atoms with Crippen LogP contribution in [0.4, 0.5) is 13.2 Å². The van der Waals surface area contributed by atoms with E-state index in [4.69, 9.17) is 0 Å². The molecule has 0 aliphatic heterocycles. The number of thiophene rings is 1. The van der Waals surface area contributed by atoms with Gasteiger partial charge in [0.15, 0.2) is 5.96 Å². The fraction of sp³-hybridized carbons (Fsp3) is 0.583. The number of unbranched alkanes of at least 4 members (excludes halogenated alkanes) is 1. The minimum Gasteiger partial charge on any atom is -0.356 e. The van der Waals surface area contributed by atoms with E-state index in [1.807, 2.05) is 17.5 Å². The highest BCUT2D eigenvalue weighted by atomic mass is 127. The number of alkyl halides is 3. The first-order chi connectivity index (χ1) is 9.01. The predicted molar refractivity (Wildman–Crippen MR) is 87.8 cm³/mol. The van der Waals surface area contributed by atoms with Gasteiger partial charge in [-0.2, -0.15) is 13.2 Å². The van der Waals surface area contributed by atoms with Gasteiger partial charge in [-0.25, -0.2) is 0 Å². The van der Waals surface area contributed by atoms with Crippen LogP contribution in [-0.4, -0.2) is 25.7 Å². The lowest BCUT2D eigenvalue weighted by molar-refractivity contribution is -0.135. The first-order valence-electron chi connectivity index (χ1n) is 6.05. The number of aliphatic imine (C=N–C) groups is 1. The summed E-state index contributed by atoms with van der Waals surface area (Å²) in [5.41, 5.74) is 0. The second-order valence-corrected chi connectivity index (χ2v) is 5.04. The van der Waals surface area contributed by atoms with Gasteiger partial charge in [0.2, 0.25) is 0 Å². The summed E-state index contributed by atoms with van der Waals surface area (Å²) >= 11 is 1.64. The van der Waals surface area contributed by atoms with Crippen molar-refractivity contribution in [3.63, 3.8) is 0 Å². The molecular weight excluding hydrogens is 402 g/mol. The van der Waals surface area contributed by atoms with Crippen LogP contribution in [0.5, 0.6) is 0 Å². The molecule has 20 heavy (non-hydrogen) atoms. The van der Waals surface area contributed by atoms with Gasteiger partial charge in [-0.3, -0.25) is 4.99 Å². The zero-order valence-corrected chi connectivity index (χ0v) is 14.3. The summed E-state index contributed by atoms with van der Waals surface area (Å²) in [5, 5.41) is 8.09. The summed E-state index contributed by atoms with van der Waals surface area (Å²) in [4.78, 5) is 5.19. The Morgan fingerprint density at radius 3 is 2.60 bits per heavy atom. The van der Waals surface area contributed by atoms with Gasteiger partial charge in [0.25, 0.3) is 0 Å². The topological polar surface area (TPSA) is 36.4 Å². The maximum atomic E-state index is 11.9. The van der Waals surface area contributed by atoms with Crippen molar-refractivity contribution in [2.75, 3.05) is 13.6 Å². The fourth-order valence-corrected chi connectivity index (χ4v) is 2.11. The van der Waals surface area contributed by atoms with Crippen LogP contribution in [0.25, 0.3) is 0 Å². The molecule has 0 aliphatic carbocycles. The van der Waals surface area contributed by atoms with Crippen LogP contribution in [0.2, 0.25) is 0 Å². The monoisotopic (exact) mass is 421 g/mol. The maximum absolute atomic E-state index is 11.9. The van der Waals surface area contributed by atoms with E-state index in [1.54, 1.807) is 18.4 Å².